The molecule has 0 saturated heterocycles. The normalized spacial score (nSPS) is 17.2. The first-order chi connectivity index (χ1) is 14.3. The minimum absolute atomic E-state index is 0.0165. The zero-order valence-corrected chi connectivity index (χ0v) is 19.8. The van der Waals surface area contributed by atoms with Gasteiger partial charge in [-0.25, -0.2) is 30.4 Å². The maximum atomic E-state index is 13.3. The van der Waals surface area contributed by atoms with Crippen LogP contribution in [0.25, 0.3) is 0 Å². The van der Waals surface area contributed by atoms with Crippen molar-refractivity contribution < 1.29 is 25.3 Å². The van der Waals surface area contributed by atoms with Crippen molar-refractivity contribution in [3.63, 3.8) is 0 Å². The molecule has 0 bridgehead atoms. The Morgan fingerprint density at radius 2 is 1.42 bits per heavy atom. The summed E-state index contributed by atoms with van der Waals surface area (Å²) in [6, 6.07) is 8.75. The average molecular weight is 488 g/mol. The molecule has 12 heteroatoms. The lowest BCUT2D eigenvalue weighted by Gasteiger charge is -2.25. The molecular formula is C19H25N3O6S3. The molecule has 1 aliphatic rings. The summed E-state index contributed by atoms with van der Waals surface area (Å²) in [4.78, 5) is -0.118. The zero-order valence-electron chi connectivity index (χ0n) is 17.4. The second-order valence-electron chi connectivity index (χ2n) is 7.25. The van der Waals surface area contributed by atoms with Crippen LogP contribution in [0.1, 0.15) is 26.3 Å². The first-order valence-corrected chi connectivity index (χ1v) is 14.1. The number of nitrogens with two attached hydrogens (primary N) is 1. The first-order valence-electron chi connectivity index (χ1n) is 9.64. The minimum Gasteiger partial charge on any atom is -0.263 e. The van der Waals surface area contributed by atoms with Gasteiger partial charge in [-0.15, -0.1) is 0 Å². The van der Waals surface area contributed by atoms with E-state index in [1.807, 2.05) is 0 Å². The molecular weight excluding hydrogens is 462 g/mol. The third-order valence-corrected chi connectivity index (χ3v) is 10.2. The average Bonchev–Trinajstić information content (AvgIpc) is 3.03. The van der Waals surface area contributed by atoms with Crippen LogP contribution in [0.5, 0.6) is 0 Å². The highest BCUT2D eigenvalue weighted by Crippen LogP contribution is 2.38. The molecule has 0 aromatic heterocycles. The van der Waals surface area contributed by atoms with E-state index >= 15 is 0 Å². The van der Waals surface area contributed by atoms with Crippen molar-refractivity contribution in [2.24, 2.45) is 5.14 Å². The Morgan fingerprint density at radius 1 is 0.903 bits per heavy atom. The van der Waals surface area contributed by atoms with Crippen LogP contribution >= 0.6 is 0 Å². The molecule has 9 nitrogen and oxygen atoms in total. The maximum absolute atomic E-state index is 13.3. The quantitative estimate of drug-likeness (QED) is 0.629. The molecule has 3 rings (SSSR count). The van der Waals surface area contributed by atoms with Crippen LogP contribution in [-0.2, 0) is 36.5 Å². The molecule has 0 radical (unpaired) electrons. The lowest BCUT2D eigenvalue weighted by molar-refractivity contribution is 0.445. The zero-order chi connectivity index (χ0) is 23.2. The van der Waals surface area contributed by atoms with E-state index in [4.69, 9.17) is 5.14 Å². The van der Waals surface area contributed by atoms with E-state index < -0.39 is 36.1 Å². The van der Waals surface area contributed by atoms with Crippen molar-refractivity contribution in [3.05, 3.63) is 48.0 Å². The molecule has 2 aromatic carbocycles. The third-order valence-electron chi connectivity index (χ3n) is 5.26. The van der Waals surface area contributed by atoms with Crippen molar-refractivity contribution in [2.45, 2.75) is 47.9 Å². The molecule has 31 heavy (non-hydrogen) atoms. The van der Waals surface area contributed by atoms with Crippen LogP contribution < -0.4 is 9.44 Å². The summed E-state index contributed by atoms with van der Waals surface area (Å²) in [7, 11) is -11.6. The van der Waals surface area contributed by atoms with Crippen molar-refractivity contribution in [3.8, 4) is 0 Å². The van der Waals surface area contributed by atoms with Crippen LogP contribution in [0, 0.1) is 0 Å². The standard InChI is InChI=1S/C19H25N3O6S3/c1-4-21(5-2)30(25,26)16-6-8-17(9-7-16)31(27,28)22-14(3)12-15-13-18(29(20,23)24)10-11-19(15)22/h6-11,13-14H,4-5,12H2,1-3H3,(H2,20,23,24). The fourth-order valence-corrected chi connectivity index (χ4v) is 7.45. The van der Waals surface area contributed by atoms with Gasteiger partial charge < -0.3 is 0 Å². The van der Waals surface area contributed by atoms with E-state index in [-0.39, 0.29) is 14.7 Å². The predicted molar refractivity (Wildman–Crippen MR) is 117 cm³/mol. The van der Waals surface area contributed by atoms with Crippen molar-refractivity contribution in [1.29, 1.82) is 0 Å². The molecule has 170 valence electrons. The van der Waals surface area contributed by atoms with Crippen LogP contribution in [0.2, 0.25) is 0 Å². The maximum Gasteiger partial charge on any atom is 0.264 e. The SMILES string of the molecule is CCN(CC)S(=O)(=O)c1ccc(S(=O)(=O)N2c3ccc(S(N)(=O)=O)cc3CC2C)cc1. The predicted octanol–water partition coefficient (Wildman–Crippen LogP) is 1.50. The number of rotatable bonds is 7. The van der Waals surface area contributed by atoms with Gasteiger partial charge in [0, 0.05) is 19.1 Å². The van der Waals surface area contributed by atoms with E-state index in [1.165, 1.54) is 51.1 Å². The number of fused-ring (bicyclic) bond motifs is 1. The smallest absolute Gasteiger partial charge is 0.263 e. The molecule has 2 aromatic rings. The van der Waals surface area contributed by atoms with E-state index in [9.17, 15) is 25.3 Å². The lowest BCUT2D eigenvalue weighted by atomic mass is 10.1. The van der Waals surface area contributed by atoms with Crippen molar-refractivity contribution in [2.75, 3.05) is 17.4 Å². The Hall–Kier alpha value is -1.99. The number of primary sulfonamides is 1. The van der Waals surface area contributed by atoms with Crippen LogP contribution in [0.3, 0.4) is 0 Å². The summed E-state index contributed by atoms with van der Waals surface area (Å²) >= 11 is 0. The van der Waals surface area contributed by atoms with Crippen LogP contribution in [0.15, 0.2) is 57.2 Å². The second-order valence-corrected chi connectivity index (χ2v) is 12.6. The van der Waals surface area contributed by atoms with Gasteiger partial charge in [-0.3, -0.25) is 4.31 Å². The van der Waals surface area contributed by atoms with Crippen molar-refractivity contribution in [1.82, 2.24) is 4.31 Å². The van der Waals surface area contributed by atoms with Crippen molar-refractivity contribution >= 4 is 35.8 Å². The number of benzene rings is 2. The molecule has 2 N–H and O–H groups in total. The van der Waals surface area contributed by atoms with E-state index in [0.717, 1.165) is 0 Å². The molecule has 0 spiro atoms. The largest absolute Gasteiger partial charge is 0.264 e. The molecule has 1 aliphatic heterocycles. The molecule has 0 amide bonds. The first kappa shape index (κ1) is 23.7. The highest BCUT2D eigenvalue weighted by molar-refractivity contribution is 7.93. The van der Waals surface area contributed by atoms with Gasteiger partial charge in [0.05, 0.1) is 20.4 Å². The summed E-state index contributed by atoms with van der Waals surface area (Å²) in [5, 5.41) is 5.18. The monoisotopic (exact) mass is 487 g/mol. The van der Waals surface area contributed by atoms with Gasteiger partial charge in [0.2, 0.25) is 20.0 Å². The number of hydrogen-bond acceptors (Lipinski definition) is 6. The van der Waals surface area contributed by atoms with Gasteiger partial charge >= 0.3 is 0 Å². The Balaban J connectivity index is 2.00. The van der Waals surface area contributed by atoms with Gasteiger partial charge in [0.1, 0.15) is 0 Å². The Labute approximate surface area is 183 Å². The number of sulfonamides is 3. The van der Waals surface area contributed by atoms with Crippen LogP contribution in [0.4, 0.5) is 5.69 Å². The van der Waals surface area contributed by atoms with Gasteiger partial charge in [-0.1, -0.05) is 13.8 Å². The third kappa shape index (κ3) is 4.22. The number of hydrogen-bond donors (Lipinski definition) is 1. The highest BCUT2D eigenvalue weighted by Gasteiger charge is 2.37. The van der Waals surface area contributed by atoms with Gasteiger partial charge in [0.15, 0.2) is 0 Å². The molecule has 0 aliphatic carbocycles. The van der Waals surface area contributed by atoms with E-state index in [0.29, 0.717) is 30.8 Å². The molecule has 1 heterocycles. The summed E-state index contributed by atoms with van der Waals surface area (Å²) in [5.41, 5.74) is 0.933. The lowest BCUT2D eigenvalue weighted by Crippen LogP contribution is -2.35. The number of nitrogens with zero attached hydrogens (tertiary/aromatic N) is 2. The summed E-state index contributed by atoms with van der Waals surface area (Å²) in [5.74, 6) is 0. The fraction of sp³-hybridized carbons (Fsp3) is 0.368. The van der Waals surface area contributed by atoms with Gasteiger partial charge in [-0.2, -0.15) is 4.31 Å². The highest BCUT2D eigenvalue weighted by atomic mass is 32.2. The van der Waals surface area contributed by atoms with Gasteiger partial charge in [-0.05, 0) is 61.4 Å². The summed E-state index contributed by atoms with van der Waals surface area (Å²) < 4.78 is 77.7. The Morgan fingerprint density at radius 3 is 1.94 bits per heavy atom. The molecule has 0 saturated carbocycles. The molecule has 0 fully saturated rings. The Bertz CT molecular complexity index is 1300. The topological polar surface area (TPSA) is 135 Å². The van der Waals surface area contributed by atoms with E-state index in [1.54, 1.807) is 20.8 Å². The minimum atomic E-state index is -4.00. The summed E-state index contributed by atoms with van der Waals surface area (Å²) in [6.45, 7) is 5.79. The Kier molecular flexibility index (Phi) is 6.24. The molecule has 1 unspecified atom stereocenters. The second kappa shape index (κ2) is 8.17. The summed E-state index contributed by atoms with van der Waals surface area (Å²) in [6.07, 6.45) is 0.326. The van der Waals surface area contributed by atoms with E-state index in [2.05, 4.69) is 0 Å². The fourth-order valence-electron chi connectivity index (χ4n) is 3.73. The van der Waals surface area contributed by atoms with Crippen LogP contribution in [-0.4, -0.2) is 48.7 Å². The van der Waals surface area contributed by atoms with Gasteiger partial charge in [0.25, 0.3) is 10.0 Å². The number of anilines is 1. The molecule has 1 atom stereocenters.